The monoisotopic (exact) mass is 623 g/mol. The molecule has 0 bridgehead atoms. The standard InChI is InChI=1S/C36H38FN5O4/c1-36(2,3)46-35(43)42-21-19-41(20-22-42)33-29(37)17-15-27-31(39-40(4)32(27)33)28-16-18-30(44-23-25-11-7-5-8-12-25)38-34(28)45-24-26-13-9-6-10-14-26/h5-18H,19-24H2,1-4H3. The molecule has 0 unspecified atom stereocenters. The fourth-order valence-corrected chi connectivity index (χ4v) is 5.52. The number of amides is 1. The van der Waals surface area contributed by atoms with Gasteiger partial charge in [0.05, 0.1) is 16.8 Å². The number of hydrogen-bond donors (Lipinski definition) is 0. The molecule has 6 rings (SSSR count). The second kappa shape index (κ2) is 13.1. The lowest BCUT2D eigenvalue weighted by atomic mass is 10.1. The molecule has 0 saturated carbocycles. The van der Waals surface area contributed by atoms with Crippen molar-refractivity contribution >= 4 is 22.7 Å². The maximum absolute atomic E-state index is 15.6. The maximum Gasteiger partial charge on any atom is 0.410 e. The van der Waals surface area contributed by atoms with Crippen LogP contribution in [0.2, 0.25) is 0 Å². The molecule has 0 spiro atoms. The minimum absolute atomic E-state index is 0.301. The van der Waals surface area contributed by atoms with Gasteiger partial charge in [-0.05, 0) is 50.1 Å². The zero-order chi connectivity index (χ0) is 32.3. The Morgan fingerprint density at radius 1 is 0.826 bits per heavy atom. The minimum atomic E-state index is -0.582. The van der Waals surface area contributed by atoms with E-state index >= 15 is 4.39 Å². The summed E-state index contributed by atoms with van der Waals surface area (Å²) in [7, 11) is 1.81. The number of fused-ring (bicyclic) bond motifs is 1. The van der Waals surface area contributed by atoms with Gasteiger partial charge >= 0.3 is 6.09 Å². The topological polar surface area (TPSA) is 82.0 Å². The third-order valence-electron chi connectivity index (χ3n) is 7.72. The molecule has 2 aromatic heterocycles. The smallest absolute Gasteiger partial charge is 0.410 e. The number of anilines is 1. The van der Waals surface area contributed by atoms with Crippen molar-refractivity contribution < 1.29 is 23.4 Å². The second-order valence-electron chi connectivity index (χ2n) is 12.3. The fourth-order valence-electron chi connectivity index (χ4n) is 5.52. The Labute approximate surface area is 268 Å². The van der Waals surface area contributed by atoms with Crippen LogP contribution in [-0.4, -0.2) is 57.5 Å². The van der Waals surface area contributed by atoms with Gasteiger partial charge in [0, 0.05) is 44.7 Å². The van der Waals surface area contributed by atoms with Crippen molar-refractivity contribution in [2.75, 3.05) is 31.1 Å². The van der Waals surface area contributed by atoms with E-state index in [9.17, 15) is 4.79 Å². The Morgan fingerprint density at radius 3 is 2.09 bits per heavy atom. The van der Waals surface area contributed by atoms with Crippen molar-refractivity contribution in [2.45, 2.75) is 39.6 Å². The van der Waals surface area contributed by atoms with Gasteiger partial charge in [-0.1, -0.05) is 60.7 Å². The molecule has 5 aromatic rings. The molecule has 3 aromatic carbocycles. The number of rotatable bonds is 8. The lowest BCUT2D eigenvalue weighted by molar-refractivity contribution is 0.0240. The summed E-state index contributed by atoms with van der Waals surface area (Å²) in [6.07, 6.45) is -0.361. The number of halogens is 1. The number of aromatic nitrogens is 3. The first kappa shape index (κ1) is 30.9. The lowest BCUT2D eigenvalue weighted by Crippen LogP contribution is -2.50. The van der Waals surface area contributed by atoms with Crippen LogP contribution in [0.1, 0.15) is 31.9 Å². The molecule has 238 valence electrons. The Kier molecular flexibility index (Phi) is 8.78. The lowest BCUT2D eigenvalue weighted by Gasteiger charge is -2.37. The van der Waals surface area contributed by atoms with Crippen LogP contribution >= 0.6 is 0 Å². The number of benzene rings is 3. The first-order chi connectivity index (χ1) is 22.2. The molecule has 0 N–H and O–H groups in total. The molecule has 1 saturated heterocycles. The Hall–Kier alpha value is -5.12. The van der Waals surface area contributed by atoms with E-state index in [2.05, 4.69) is 0 Å². The highest BCUT2D eigenvalue weighted by Gasteiger charge is 2.29. The maximum atomic E-state index is 15.6. The zero-order valence-electron chi connectivity index (χ0n) is 26.6. The van der Waals surface area contributed by atoms with E-state index in [1.165, 1.54) is 6.07 Å². The van der Waals surface area contributed by atoms with Gasteiger partial charge in [0.15, 0.2) is 0 Å². The molecule has 1 fully saturated rings. The third kappa shape index (κ3) is 6.91. The molecular weight excluding hydrogens is 585 g/mol. The molecule has 1 aliphatic heterocycles. The van der Waals surface area contributed by atoms with Crippen LogP contribution < -0.4 is 14.4 Å². The van der Waals surface area contributed by atoms with E-state index in [1.54, 1.807) is 28.8 Å². The number of carbonyl (C=O) groups excluding carboxylic acids is 1. The van der Waals surface area contributed by atoms with Crippen LogP contribution in [-0.2, 0) is 25.0 Å². The van der Waals surface area contributed by atoms with Gasteiger partial charge < -0.3 is 24.0 Å². The van der Waals surface area contributed by atoms with Gasteiger partial charge in [0.1, 0.15) is 30.3 Å². The molecule has 46 heavy (non-hydrogen) atoms. The van der Waals surface area contributed by atoms with E-state index in [-0.39, 0.29) is 11.9 Å². The Bertz CT molecular complexity index is 1810. The summed E-state index contributed by atoms with van der Waals surface area (Å²) in [6.45, 7) is 7.94. The van der Waals surface area contributed by atoms with Crippen molar-refractivity contribution in [3.63, 3.8) is 0 Å². The number of pyridine rings is 1. The molecule has 1 amide bonds. The highest BCUT2D eigenvalue weighted by Crippen LogP contribution is 2.39. The molecule has 0 aliphatic carbocycles. The highest BCUT2D eigenvalue weighted by atomic mass is 19.1. The van der Waals surface area contributed by atoms with Crippen LogP contribution in [0.4, 0.5) is 14.9 Å². The largest absolute Gasteiger partial charge is 0.473 e. The van der Waals surface area contributed by atoms with Crippen LogP contribution in [0.25, 0.3) is 22.2 Å². The summed E-state index contributed by atoms with van der Waals surface area (Å²) in [5.41, 5.74) is 3.83. The number of carbonyl (C=O) groups is 1. The summed E-state index contributed by atoms with van der Waals surface area (Å²) in [5.74, 6) is 0.438. The summed E-state index contributed by atoms with van der Waals surface area (Å²) in [5, 5.41) is 5.62. The van der Waals surface area contributed by atoms with Crippen LogP contribution in [0, 0.1) is 5.82 Å². The molecule has 3 heterocycles. The van der Waals surface area contributed by atoms with Crippen molar-refractivity contribution in [1.29, 1.82) is 0 Å². The molecule has 0 radical (unpaired) electrons. The number of nitrogens with zero attached hydrogens (tertiary/aromatic N) is 5. The molecule has 9 nitrogen and oxygen atoms in total. The predicted octanol–water partition coefficient (Wildman–Crippen LogP) is 6.99. The van der Waals surface area contributed by atoms with Crippen molar-refractivity contribution in [3.05, 3.63) is 102 Å². The first-order valence-electron chi connectivity index (χ1n) is 15.4. The van der Waals surface area contributed by atoms with Gasteiger partial charge in [-0.15, -0.1) is 0 Å². The van der Waals surface area contributed by atoms with E-state index in [1.807, 2.05) is 92.4 Å². The van der Waals surface area contributed by atoms with E-state index < -0.39 is 5.60 Å². The van der Waals surface area contributed by atoms with Crippen molar-refractivity contribution in [2.24, 2.45) is 7.05 Å². The first-order valence-corrected chi connectivity index (χ1v) is 15.4. The van der Waals surface area contributed by atoms with E-state index in [4.69, 9.17) is 24.3 Å². The second-order valence-corrected chi connectivity index (χ2v) is 12.3. The number of ether oxygens (including phenoxy) is 3. The average Bonchev–Trinajstić information content (AvgIpc) is 3.38. The average molecular weight is 624 g/mol. The third-order valence-corrected chi connectivity index (χ3v) is 7.72. The number of aryl methyl sites for hydroxylation is 1. The highest BCUT2D eigenvalue weighted by molar-refractivity contribution is 6.01. The van der Waals surface area contributed by atoms with E-state index in [0.717, 1.165) is 16.5 Å². The molecule has 10 heteroatoms. The SMILES string of the molecule is Cn1nc(-c2ccc(OCc3ccccc3)nc2OCc2ccccc2)c2ccc(F)c(N3CCN(C(=O)OC(C)(C)C)CC3)c21. The van der Waals surface area contributed by atoms with Gasteiger partial charge in [-0.2, -0.15) is 10.1 Å². The van der Waals surface area contributed by atoms with Crippen LogP contribution in [0.5, 0.6) is 11.8 Å². The Morgan fingerprint density at radius 2 is 1.46 bits per heavy atom. The summed E-state index contributed by atoms with van der Waals surface area (Å²) < 4.78 is 35.2. The number of hydrogen-bond acceptors (Lipinski definition) is 7. The summed E-state index contributed by atoms with van der Waals surface area (Å²) in [6, 6.07) is 26.6. The normalized spacial score (nSPS) is 13.6. The van der Waals surface area contributed by atoms with Gasteiger partial charge in [-0.25, -0.2) is 9.18 Å². The molecule has 1 aliphatic rings. The predicted molar refractivity (Wildman–Crippen MR) is 175 cm³/mol. The van der Waals surface area contributed by atoms with E-state index in [0.29, 0.717) is 73.6 Å². The van der Waals surface area contributed by atoms with Gasteiger partial charge in [-0.3, -0.25) is 4.68 Å². The van der Waals surface area contributed by atoms with Crippen molar-refractivity contribution in [3.8, 4) is 23.0 Å². The number of piperazine rings is 1. The Balaban J connectivity index is 1.31. The minimum Gasteiger partial charge on any atom is -0.473 e. The van der Waals surface area contributed by atoms with Crippen LogP contribution in [0.15, 0.2) is 84.9 Å². The summed E-state index contributed by atoms with van der Waals surface area (Å²) in [4.78, 5) is 21.0. The quantitative estimate of drug-likeness (QED) is 0.184. The summed E-state index contributed by atoms with van der Waals surface area (Å²) >= 11 is 0. The molecular formula is C36H38FN5O4. The van der Waals surface area contributed by atoms with Crippen molar-refractivity contribution in [1.82, 2.24) is 19.7 Å². The fraction of sp³-hybridized carbons (Fsp3) is 0.306. The van der Waals surface area contributed by atoms with Crippen LogP contribution in [0.3, 0.4) is 0 Å². The van der Waals surface area contributed by atoms with Gasteiger partial charge in [0.25, 0.3) is 0 Å². The van der Waals surface area contributed by atoms with Gasteiger partial charge in [0.2, 0.25) is 11.8 Å². The molecule has 0 atom stereocenters. The zero-order valence-corrected chi connectivity index (χ0v) is 26.6.